The lowest BCUT2D eigenvalue weighted by molar-refractivity contribution is 1.05. The number of rotatable bonds is 1. The molecule has 2 aliphatic heterocycles. The molecule has 0 unspecified atom stereocenters. The average molecular weight is 295 g/mol. The molecule has 0 amide bonds. The van der Waals surface area contributed by atoms with E-state index in [1.165, 1.54) is 0 Å². The Morgan fingerprint density at radius 2 is 1.30 bits per heavy atom. The average Bonchev–Trinajstić information content (AvgIpc) is 2.98. The van der Waals surface area contributed by atoms with Crippen LogP contribution < -0.4 is 0 Å². The Hall–Kier alpha value is -3.20. The molecule has 3 aromatic carbocycles. The third-order valence-corrected chi connectivity index (χ3v) is 4.18. The summed E-state index contributed by atoms with van der Waals surface area (Å²) >= 11 is 0. The molecule has 3 aromatic rings. The Kier molecular flexibility index (Phi) is 2.50. The van der Waals surface area contributed by atoms with E-state index >= 15 is 0 Å². The first-order chi connectivity index (χ1) is 11.4. The Bertz CT molecular complexity index is 1110. The summed E-state index contributed by atoms with van der Waals surface area (Å²) in [4.78, 5) is 9.71. The summed E-state index contributed by atoms with van der Waals surface area (Å²) in [6, 6.07) is 26.7. The molecule has 0 radical (unpaired) electrons. The van der Waals surface area contributed by atoms with Crippen LogP contribution in [0.15, 0.2) is 78.9 Å². The fraction of sp³-hybridized carbons (Fsp3) is 0. The first-order valence-electron chi connectivity index (χ1n) is 7.63. The van der Waals surface area contributed by atoms with Crippen LogP contribution in [0.1, 0.15) is 0 Å². The molecule has 5 rings (SSSR count). The van der Waals surface area contributed by atoms with E-state index in [-0.39, 0.29) is 0 Å². The van der Waals surface area contributed by atoms with Crippen molar-refractivity contribution in [2.75, 3.05) is 0 Å². The van der Waals surface area contributed by atoms with Crippen LogP contribution >= 0.6 is 0 Å². The minimum Gasteiger partial charge on any atom is -0.291 e. The van der Waals surface area contributed by atoms with Crippen LogP contribution in [-0.2, 0) is 0 Å². The van der Waals surface area contributed by atoms with Gasteiger partial charge >= 0.3 is 0 Å². The number of nitrogens with zero attached hydrogens (tertiary/aromatic N) is 3. The third-order valence-electron chi connectivity index (χ3n) is 4.18. The van der Waals surface area contributed by atoms with Gasteiger partial charge in [0.2, 0.25) is 0 Å². The maximum absolute atomic E-state index is 4.87. The maximum atomic E-state index is 4.87. The van der Waals surface area contributed by atoms with E-state index in [4.69, 9.17) is 9.97 Å². The lowest BCUT2D eigenvalue weighted by Crippen LogP contribution is -2.04. The van der Waals surface area contributed by atoms with Gasteiger partial charge in [0, 0.05) is 11.1 Å². The lowest BCUT2D eigenvalue weighted by atomic mass is 10.2. The standard InChI is InChI=1S/C20H13N3/c1-2-8-14(9-3-1)23-18-13-7-6-12-17(18)21-19-15-10-4-5-11-16(15)22-20(19)23/h1-13H. The summed E-state index contributed by atoms with van der Waals surface area (Å²) in [6.07, 6.45) is 0. The molecule has 0 aromatic heterocycles. The normalized spacial score (nSPS) is 11.5. The van der Waals surface area contributed by atoms with E-state index in [0.29, 0.717) is 0 Å². The van der Waals surface area contributed by atoms with E-state index in [1.54, 1.807) is 0 Å². The van der Waals surface area contributed by atoms with Crippen molar-refractivity contribution in [3.8, 4) is 17.2 Å². The van der Waals surface area contributed by atoms with Gasteiger partial charge in [-0.05, 0) is 30.3 Å². The highest BCUT2D eigenvalue weighted by Gasteiger charge is 2.19. The van der Waals surface area contributed by atoms with Gasteiger partial charge in [0.25, 0.3) is 0 Å². The van der Waals surface area contributed by atoms with Gasteiger partial charge in [-0.15, -0.1) is 0 Å². The monoisotopic (exact) mass is 295 g/mol. The van der Waals surface area contributed by atoms with Crippen molar-refractivity contribution in [3.63, 3.8) is 0 Å². The summed E-state index contributed by atoms with van der Waals surface area (Å²) in [5.41, 5.74) is 5.06. The Morgan fingerprint density at radius 1 is 0.609 bits per heavy atom. The second kappa shape index (κ2) is 4.65. The van der Waals surface area contributed by atoms with Crippen molar-refractivity contribution >= 4 is 21.9 Å². The molecule has 23 heavy (non-hydrogen) atoms. The minimum atomic E-state index is 0.899. The number of benzene rings is 3. The predicted octanol–water partition coefficient (Wildman–Crippen LogP) is 4.68. The molecule has 0 N–H and O–H groups in total. The number of hydrogen-bond acceptors (Lipinski definition) is 2. The molecule has 0 aliphatic carbocycles. The Morgan fingerprint density at radius 3 is 2.17 bits per heavy atom. The van der Waals surface area contributed by atoms with Gasteiger partial charge in [0.15, 0.2) is 5.82 Å². The van der Waals surface area contributed by atoms with Crippen LogP contribution in [0.5, 0.6) is 0 Å². The van der Waals surface area contributed by atoms with Crippen molar-refractivity contribution in [2.24, 2.45) is 0 Å². The first kappa shape index (κ1) is 12.4. The first-order valence-corrected chi connectivity index (χ1v) is 7.63. The van der Waals surface area contributed by atoms with Crippen molar-refractivity contribution in [1.29, 1.82) is 0 Å². The van der Waals surface area contributed by atoms with Crippen molar-refractivity contribution in [3.05, 3.63) is 78.9 Å². The summed E-state index contributed by atoms with van der Waals surface area (Å²) in [5, 5.41) is 1.10. The molecule has 3 heteroatoms. The van der Waals surface area contributed by atoms with Crippen LogP contribution in [0.3, 0.4) is 0 Å². The largest absolute Gasteiger partial charge is 0.291 e. The molecular weight excluding hydrogens is 282 g/mol. The van der Waals surface area contributed by atoms with Gasteiger partial charge < -0.3 is 0 Å². The zero-order valence-corrected chi connectivity index (χ0v) is 12.3. The maximum Gasteiger partial charge on any atom is 0.165 e. The van der Waals surface area contributed by atoms with Crippen molar-refractivity contribution in [1.82, 2.24) is 14.5 Å². The smallest absolute Gasteiger partial charge is 0.165 e. The molecule has 0 bridgehead atoms. The second-order valence-electron chi connectivity index (χ2n) is 5.57. The summed E-state index contributed by atoms with van der Waals surface area (Å²) in [5.74, 6) is 0.899. The zero-order valence-electron chi connectivity index (χ0n) is 12.3. The second-order valence-corrected chi connectivity index (χ2v) is 5.57. The lowest BCUT2D eigenvalue weighted by Gasteiger charge is -2.15. The molecule has 0 saturated carbocycles. The van der Waals surface area contributed by atoms with Gasteiger partial charge in [-0.1, -0.05) is 48.5 Å². The number of aromatic nitrogens is 3. The van der Waals surface area contributed by atoms with Gasteiger partial charge in [-0.25, -0.2) is 9.97 Å². The van der Waals surface area contributed by atoms with E-state index in [1.807, 2.05) is 48.5 Å². The fourth-order valence-corrected chi connectivity index (χ4v) is 3.15. The number of para-hydroxylation sites is 4. The Balaban J connectivity index is 2.02. The third kappa shape index (κ3) is 1.77. The van der Waals surface area contributed by atoms with E-state index in [0.717, 1.165) is 39.1 Å². The molecule has 0 atom stereocenters. The molecule has 3 nitrogen and oxygen atoms in total. The molecule has 0 fully saturated rings. The van der Waals surface area contributed by atoms with Crippen LogP contribution in [0.4, 0.5) is 0 Å². The molecule has 2 heterocycles. The fourth-order valence-electron chi connectivity index (χ4n) is 3.15. The summed E-state index contributed by atoms with van der Waals surface area (Å²) < 4.78 is 2.19. The number of fused-ring (bicyclic) bond motifs is 4. The van der Waals surface area contributed by atoms with Gasteiger partial charge in [0.05, 0.1) is 16.6 Å². The van der Waals surface area contributed by atoms with E-state index in [2.05, 4.69) is 34.9 Å². The molecular formula is C20H13N3. The van der Waals surface area contributed by atoms with Gasteiger partial charge in [-0.3, -0.25) is 4.57 Å². The summed E-state index contributed by atoms with van der Waals surface area (Å²) in [7, 11) is 0. The van der Waals surface area contributed by atoms with E-state index < -0.39 is 0 Å². The zero-order chi connectivity index (χ0) is 15.2. The predicted molar refractivity (Wildman–Crippen MR) is 93.0 cm³/mol. The van der Waals surface area contributed by atoms with Crippen LogP contribution in [0, 0.1) is 0 Å². The van der Waals surface area contributed by atoms with Gasteiger partial charge in [0.1, 0.15) is 5.69 Å². The summed E-state index contributed by atoms with van der Waals surface area (Å²) in [6.45, 7) is 0. The molecule has 108 valence electrons. The Labute approximate surface area is 133 Å². The van der Waals surface area contributed by atoms with Crippen molar-refractivity contribution < 1.29 is 0 Å². The number of hydrogen-bond donors (Lipinski definition) is 0. The topological polar surface area (TPSA) is 30.7 Å². The van der Waals surface area contributed by atoms with Crippen LogP contribution in [0.25, 0.3) is 39.1 Å². The molecule has 0 saturated heterocycles. The SMILES string of the molecule is c1ccc(-n2c3nc4ccccc4c-3nc3ccccc32)cc1. The highest BCUT2D eigenvalue weighted by atomic mass is 15.1. The van der Waals surface area contributed by atoms with E-state index in [9.17, 15) is 0 Å². The quantitative estimate of drug-likeness (QED) is 0.449. The molecule has 2 aliphatic rings. The highest BCUT2D eigenvalue weighted by molar-refractivity contribution is 5.97. The van der Waals surface area contributed by atoms with Crippen LogP contribution in [-0.4, -0.2) is 14.5 Å². The molecule has 0 spiro atoms. The van der Waals surface area contributed by atoms with Crippen molar-refractivity contribution in [2.45, 2.75) is 0 Å². The van der Waals surface area contributed by atoms with Crippen LogP contribution in [0.2, 0.25) is 0 Å². The minimum absolute atomic E-state index is 0.899. The highest BCUT2D eigenvalue weighted by Crippen LogP contribution is 2.33. The van der Waals surface area contributed by atoms with Gasteiger partial charge in [-0.2, -0.15) is 0 Å².